The van der Waals surface area contributed by atoms with Crippen LogP contribution in [0.2, 0.25) is 0 Å². The van der Waals surface area contributed by atoms with Gasteiger partial charge in [-0.1, -0.05) is 13.5 Å². The molecule has 2 rings (SSSR count). The van der Waals surface area contributed by atoms with Crippen LogP contribution < -0.4 is 10.6 Å². The summed E-state index contributed by atoms with van der Waals surface area (Å²) in [6, 6.07) is 0. The summed E-state index contributed by atoms with van der Waals surface area (Å²) in [5.74, 6) is -0.0498. The van der Waals surface area contributed by atoms with Crippen LogP contribution in [0, 0.1) is 5.92 Å². The van der Waals surface area contributed by atoms with E-state index in [1.54, 1.807) is 0 Å². The molecule has 2 aliphatic rings. The maximum atomic E-state index is 13.5. The molecule has 1 saturated heterocycles. The summed E-state index contributed by atoms with van der Waals surface area (Å²) < 4.78 is 24.3. The van der Waals surface area contributed by atoms with Crippen molar-refractivity contribution in [2.75, 3.05) is 19.8 Å². The van der Waals surface area contributed by atoms with Crippen LogP contribution in [-0.2, 0) is 18.5 Å². The molecule has 5 unspecified atom stereocenters. The van der Waals surface area contributed by atoms with E-state index in [2.05, 4.69) is 17.2 Å². The average molecular weight is 423 g/mol. The van der Waals surface area contributed by atoms with E-state index < -0.39 is 11.5 Å². The van der Waals surface area contributed by atoms with Gasteiger partial charge < -0.3 is 19.6 Å². The van der Waals surface area contributed by atoms with Gasteiger partial charge in [0.15, 0.2) is 0 Å². The zero-order valence-electron chi connectivity index (χ0n) is 15.5. The van der Waals surface area contributed by atoms with Crippen molar-refractivity contribution in [2.45, 2.75) is 61.9 Å². The topological polar surface area (TPSA) is 76.7 Å². The quantitative estimate of drug-likeness (QED) is 0.464. The third kappa shape index (κ3) is 7.97. The Morgan fingerprint density at radius 2 is 2.15 bits per heavy atom. The molecule has 0 aromatic heterocycles. The summed E-state index contributed by atoms with van der Waals surface area (Å²) in [7, 11) is 0. The van der Waals surface area contributed by atoms with Crippen LogP contribution >= 0.6 is 23.6 Å². The van der Waals surface area contributed by atoms with Crippen LogP contribution in [0.5, 0.6) is 0 Å². The molecule has 9 heteroatoms. The standard InChI is InChI=1S/C18H28ClFN2O4S/c1-11-7-16(27-26-9-11)18(24)22-12(2)5-6-21-17(23)10-25-13-3-4-14(19)15(20)8-13/h11,13-16H,2-10H2,1H3,(H,21,23)(H,22,24). The number of ether oxygens (including phenoxy) is 1. The van der Waals surface area contributed by atoms with Gasteiger partial charge in [0.05, 0.1) is 18.1 Å². The number of nitrogens with one attached hydrogen (secondary N) is 2. The van der Waals surface area contributed by atoms with Gasteiger partial charge >= 0.3 is 0 Å². The van der Waals surface area contributed by atoms with Gasteiger partial charge in [0, 0.05) is 37.1 Å². The molecule has 1 aliphatic heterocycles. The lowest BCUT2D eigenvalue weighted by molar-refractivity contribution is -0.128. The summed E-state index contributed by atoms with van der Waals surface area (Å²) in [5.41, 5.74) is 0.542. The Balaban J connectivity index is 1.56. The second-order valence-electron chi connectivity index (χ2n) is 7.18. The van der Waals surface area contributed by atoms with Gasteiger partial charge in [-0.25, -0.2) is 4.39 Å². The lowest BCUT2D eigenvalue weighted by Gasteiger charge is -2.28. The highest BCUT2D eigenvalue weighted by Gasteiger charge is 2.30. The zero-order chi connectivity index (χ0) is 19.8. The molecule has 2 N–H and O–H groups in total. The van der Waals surface area contributed by atoms with Crippen LogP contribution in [0.3, 0.4) is 0 Å². The summed E-state index contributed by atoms with van der Waals surface area (Å²) in [6.07, 6.45) is 1.28. The summed E-state index contributed by atoms with van der Waals surface area (Å²) in [6.45, 7) is 6.75. The lowest BCUT2D eigenvalue weighted by atomic mass is 9.95. The van der Waals surface area contributed by atoms with Gasteiger partial charge in [0.1, 0.15) is 18.0 Å². The second-order valence-corrected chi connectivity index (χ2v) is 8.74. The van der Waals surface area contributed by atoms with Gasteiger partial charge in [-0.3, -0.25) is 9.59 Å². The molecule has 0 aromatic rings. The van der Waals surface area contributed by atoms with Crippen LogP contribution in [-0.4, -0.2) is 54.5 Å². The van der Waals surface area contributed by atoms with E-state index >= 15 is 0 Å². The molecule has 1 saturated carbocycles. The van der Waals surface area contributed by atoms with E-state index in [1.165, 1.54) is 12.0 Å². The molecule has 1 heterocycles. The molecule has 154 valence electrons. The number of carbonyl (C=O) groups is 2. The largest absolute Gasteiger partial charge is 0.368 e. The van der Waals surface area contributed by atoms with E-state index in [4.69, 9.17) is 20.5 Å². The Hall–Kier alpha value is -0.830. The van der Waals surface area contributed by atoms with E-state index in [-0.39, 0.29) is 36.2 Å². The first-order valence-corrected chi connectivity index (χ1v) is 10.5. The molecule has 0 aromatic carbocycles. The molecule has 2 amide bonds. The van der Waals surface area contributed by atoms with E-state index in [9.17, 15) is 14.0 Å². The summed E-state index contributed by atoms with van der Waals surface area (Å²) in [4.78, 5) is 24.0. The smallest absolute Gasteiger partial charge is 0.246 e. The second kappa shape index (κ2) is 11.2. The van der Waals surface area contributed by atoms with E-state index in [1.807, 2.05) is 6.92 Å². The number of rotatable bonds is 8. The Morgan fingerprint density at radius 1 is 1.37 bits per heavy atom. The van der Waals surface area contributed by atoms with Crippen LogP contribution in [0.25, 0.3) is 0 Å². The number of carbonyl (C=O) groups excluding carboxylic acids is 2. The Labute approximate surface area is 169 Å². The fourth-order valence-corrected chi connectivity index (χ4v) is 4.23. The summed E-state index contributed by atoms with van der Waals surface area (Å²) in [5, 5.41) is 4.78. The third-order valence-electron chi connectivity index (χ3n) is 4.59. The van der Waals surface area contributed by atoms with Gasteiger partial charge in [-0.15, -0.1) is 11.6 Å². The number of alkyl halides is 2. The monoisotopic (exact) mass is 422 g/mol. The SMILES string of the molecule is C=C(CCNC(=O)COC1CCC(Cl)C(F)C1)NC(=O)C1CC(C)COS1. The average Bonchev–Trinajstić information content (AvgIpc) is 2.62. The molecule has 0 radical (unpaired) electrons. The molecule has 0 spiro atoms. The first-order chi connectivity index (χ1) is 12.8. The molecule has 0 bridgehead atoms. The number of hydrogen-bond acceptors (Lipinski definition) is 5. The van der Waals surface area contributed by atoms with E-state index in [0.29, 0.717) is 44.0 Å². The fraction of sp³-hybridized carbons (Fsp3) is 0.778. The van der Waals surface area contributed by atoms with Crippen molar-refractivity contribution >= 4 is 35.5 Å². The predicted octanol–water partition coefficient (Wildman–Crippen LogP) is 2.71. The lowest BCUT2D eigenvalue weighted by Crippen LogP contribution is -2.37. The fourth-order valence-electron chi connectivity index (χ4n) is 2.97. The van der Waals surface area contributed by atoms with Crippen molar-refractivity contribution in [3.05, 3.63) is 12.3 Å². The molecular formula is C18H28ClFN2O4S. The van der Waals surface area contributed by atoms with Gasteiger partial charge in [0.25, 0.3) is 0 Å². The van der Waals surface area contributed by atoms with Crippen molar-refractivity contribution < 1.29 is 22.9 Å². The highest BCUT2D eigenvalue weighted by Crippen LogP contribution is 2.28. The third-order valence-corrected chi connectivity index (χ3v) is 5.99. The molecular weight excluding hydrogens is 395 g/mol. The van der Waals surface area contributed by atoms with Gasteiger partial charge in [0.2, 0.25) is 11.8 Å². The summed E-state index contributed by atoms with van der Waals surface area (Å²) >= 11 is 7.02. The number of halogens is 2. The first kappa shape index (κ1) is 22.5. The molecule has 5 atom stereocenters. The van der Waals surface area contributed by atoms with Crippen LogP contribution in [0.4, 0.5) is 4.39 Å². The Bertz CT molecular complexity index is 539. The van der Waals surface area contributed by atoms with Crippen LogP contribution in [0.15, 0.2) is 12.3 Å². The molecule has 1 aliphatic carbocycles. The van der Waals surface area contributed by atoms with Crippen molar-refractivity contribution in [3.8, 4) is 0 Å². The van der Waals surface area contributed by atoms with Crippen molar-refractivity contribution in [2.24, 2.45) is 5.92 Å². The van der Waals surface area contributed by atoms with E-state index in [0.717, 1.165) is 6.42 Å². The molecule has 2 fully saturated rings. The number of hydrogen-bond donors (Lipinski definition) is 2. The van der Waals surface area contributed by atoms with Gasteiger partial charge in [-0.2, -0.15) is 0 Å². The Morgan fingerprint density at radius 3 is 2.85 bits per heavy atom. The zero-order valence-corrected chi connectivity index (χ0v) is 17.1. The minimum Gasteiger partial charge on any atom is -0.368 e. The highest BCUT2D eigenvalue weighted by molar-refractivity contribution is 7.96. The molecule has 6 nitrogen and oxygen atoms in total. The minimum atomic E-state index is -1.09. The maximum Gasteiger partial charge on any atom is 0.246 e. The predicted molar refractivity (Wildman–Crippen MR) is 104 cm³/mol. The maximum absolute atomic E-state index is 13.5. The normalized spacial score (nSPS) is 31.1. The number of amides is 2. The van der Waals surface area contributed by atoms with Crippen molar-refractivity contribution in [1.82, 2.24) is 10.6 Å². The first-order valence-electron chi connectivity index (χ1n) is 9.28. The molecule has 27 heavy (non-hydrogen) atoms. The van der Waals surface area contributed by atoms with Crippen molar-refractivity contribution in [3.63, 3.8) is 0 Å². The highest BCUT2D eigenvalue weighted by atomic mass is 35.5. The van der Waals surface area contributed by atoms with Crippen molar-refractivity contribution in [1.29, 1.82) is 0 Å². The minimum absolute atomic E-state index is 0.114. The van der Waals surface area contributed by atoms with Crippen LogP contribution in [0.1, 0.15) is 39.0 Å². The van der Waals surface area contributed by atoms with Gasteiger partial charge in [-0.05, 0) is 25.2 Å². The Kier molecular flexibility index (Phi) is 9.35.